The number of hydrogen-bond acceptors (Lipinski definition) is 7. The Kier molecular flexibility index (Phi) is 8.82. The fraction of sp³-hybridized carbons (Fsp3) is 0.441. The fourth-order valence-electron chi connectivity index (χ4n) is 6.87. The summed E-state index contributed by atoms with van der Waals surface area (Å²) < 4.78 is 44.7. The predicted molar refractivity (Wildman–Crippen MR) is 162 cm³/mol. The maximum Gasteiger partial charge on any atom is 0.451 e. The zero-order chi connectivity index (χ0) is 32.6. The molecule has 9 nitrogen and oxygen atoms in total. The maximum absolute atomic E-state index is 13.1. The molecule has 0 N–H and O–H groups in total. The van der Waals surface area contributed by atoms with E-state index >= 15 is 0 Å². The molecule has 0 spiro atoms. The van der Waals surface area contributed by atoms with Gasteiger partial charge in [-0.3, -0.25) is 24.2 Å². The normalized spacial score (nSPS) is 20.1. The van der Waals surface area contributed by atoms with Crippen molar-refractivity contribution in [1.29, 1.82) is 0 Å². The summed E-state index contributed by atoms with van der Waals surface area (Å²) in [5.74, 6) is -1.28. The van der Waals surface area contributed by atoms with Crippen LogP contribution < -0.4 is 4.74 Å². The number of carbonyl (C=O) groups excluding carboxylic acids is 3. The molecule has 3 aliphatic rings. The minimum atomic E-state index is -4.65. The quantitative estimate of drug-likeness (QED) is 0.234. The Labute approximate surface area is 265 Å². The number of imide groups is 1. The molecule has 0 bridgehead atoms. The zero-order valence-corrected chi connectivity index (χ0v) is 25.8. The summed E-state index contributed by atoms with van der Waals surface area (Å²) in [6.07, 6.45) is 1.53. The second-order valence-electron chi connectivity index (χ2n) is 12.1. The summed E-state index contributed by atoms with van der Waals surface area (Å²) >= 11 is 0. The number of piperazine rings is 1. The van der Waals surface area contributed by atoms with Gasteiger partial charge in [-0.2, -0.15) is 13.2 Å². The van der Waals surface area contributed by atoms with Crippen LogP contribution in [-0.4, -0.2) is 81.2 Å². The number of unbranched alkanes of at least 4 members (excludes halogenated alkanes) is 1. The standard InChI is InChI=1S/C34H36F3N5O4/c1-21-22(2)29(46-17-6-5-14-42-31(44)26-9-3-4-10-27(26)32(42)45)13-12-25(21)28-11-7-8-24-20-40(15-16-41(24)28)30(43)23-18-38-33(39-19-23)34(35,36)37/h3-4,9-10,12-13,18-19,24,28H,5-8,11,14-17,20H2,1-2H3/t24-,28+/m0/s1. The molecule has 12 heteroatoms. The molecule has 0 unspecified atom stereocenters. The van der Waals surface area contributed by atoms with Crippen LogP contribution in [0.15, 0.2) is 48.8 Å². The molecule has 2 fully saturated rings. The van der Waals surface area contributed by atoms with Crippen LogP contribution in [0.4, 0.5) is 13.2 Å². The largest absolute Gasteiger partial charge is 0.493 e. The Morgan fingerprint density at radius 2 is 1.63 bits per heavy atom. The summed E-state index contributed by atoms with van der Waals surface area (Å²) in [4.78, 5) is 50.4. The molecule has 242 valence electrons. The second kappa shape index (κ2) is 12.8. The summed E-state index contributed by atoms with van der Waals surface area (Å²) in [5.41, 5.74) is 4.44. The number of benzene rings is 2. The van der Waals surface area contributed by atoms with Gasteiger partial charge in [0, 0.05) is 50.7 Å². The third-order valence-electron chi connectivity index (χ3n) is 9.43. The first kappa shape index (κ1) is 31.7. The molecule has 1 aromatic heterocycles. The van der Waals surface area contributed by atoms with Crippen LogP contribution in [0.2, 0.25) is 0 Å². The highest BCUT2D eigenvalue weighted by Crippen LogP contribution is 2.40. The van der Waals surface area contributed by atoms with Crippen LogP contribution in [-0.2, 0) is 6.18 Å². The summed E-state index contributed by atoms with van der Waals surface area (Å²) in [6, 6.07) is 11.4. The molecule has 3 amide bonds. The van der Waals surface area contributed by atoms with Crippen molar-refractivity contribution in [3.8, 4) is 5.75 Å². The first-order valence-corrected chi connectivity index (χ1v) is 15.7. The van der Waals surface area contributed by atoms with E-state index in [1.807, 2.05) is 6.07 Å². The summed E-state index contributed by atoms with van der Waals surface area (Å²) in [6.45, 7) is 6.60. The lowest BCUT2D eigenvalue weighted by atomic mass is 9.86. The summed E-state index contributed by atoms with van der Waals surface area (Å²) in [5, 5.41) is 0. The molecule has 4 heterocycles. The van der Waals surface area contributed by atoms with Crippen molar-refractivity contribution in [2.45, 2.75) is 64.2 Å². The molecule has 0 aliphatic carbocycles. The molecule has 2 aromatic carbocycles. The number of hydrogen-bond donors (Lipinski definition) is 0. The monoisotopic (exact) mass is 635 g/mol. The van der Waals surface area contributed by atoms with E-state index in [-0.39, 0.29) is 35.4 Å². The van der Waals surface area contributed by atoms with Crippen LogP contribution in [0.3, 0.4) is 0 Å². The number of amides is 3. The number of nitrogens with zero attached hydrogens (tertiary/aromatic N) is 5. The lowest BCUT2D eigenvalue weighted by Crippen LogP contribution is -2.57. The Morgan fingerprint density at radius 1 is 0.935 bits per heavy atom. The van der Waals surface area contributed by atoms with Crippen molar-refractivity contribution in [2.75, 3.05) is 32.8 Å². The van der Waals surface area contributed by atoms with Crippen LogP contribution in [0.1, 0.15) is 91.7 Å². The van der Waals surface area contributed by atoms with Gasteiger partial charge >= 0.3 is 6.18 Å². The maximum atomic E-state index is 13.1. The third-order valence-corrected chi connectivity index (χ3v) is 9.43. The van der Waals surface area contributed by atoms with E-state index < -0.39 is 12.0 Å². The van der Waals surface area contributed by atoms with Gasteiger partial charge in [-0.15, -0.1) is 0 Å². The van der Waals surface area contributed by atoms with Crippen molar-refractivity contribution in [3.05, 3.63) is 88.0 Å². The molecule has 2 atom stereocenters. The van der Waals surface area contributed by atoms with E-state index in [2.05, 4.69) is 34.8 Å². The average molecular weight is 636 g/mol. The minimum Gasteiger partial charge on any atom is -0.493 e. The predicted octanol–water partition coefficient (Wildman–Crippen LogP) is 5.62. The van der Waals surface area contributed by atoms with Crippen LogP contribution in [0, 0.1) is 13.8 Å². The summed E-state index contributed by atoms with van der Waals surface area (Å²) in [7, 11) is 0. The van der Waals surface area contributed by atoms with Crippen molar-refractivity contribution in [1.82, 2.24) is 24.7 Å². The third kappa shape index (κ3) is 6.10. The van der Waals surface area contributed by atoms with Crippen LogP contribution in [0.5, 0.6) is 5.75 Å². The van der Waals surface area contributed by atoms with Gasteiger partial charge in [0.1, 0.15) is 5.75 Å². The first-order valence-electron chi connectivity index (χ1n) is 15.7. The number of piperidine rings is 1. The Balaban J connectivity index is 1.03. The average Bonchev–Trinajstić information content (AvgIpc) is 3.30. The molecule has 0 radical (unpaired) electrons. The lowest BCUT2D eigenvalue weighted by molar-refractivity contribution is -0.145. The Bertz CT molecular complexity index is 1610. The van der Waals surface area contributed by atoms with Gasteiger partial charge in [-0.1, -0.05) is 18.2 Å². The van der Waals surface area contributed by atoms with Gasteiger partial charge < -0.3 is 9.64 Å². The topological polar surface area (TPSA) is 95.9 Å². The highest BCUT2D eigenvalue weighted by molar-refractivity contribution is 6.21. The number of ether oxygens (including phenoxy) is 1. The molecule has 6 rings (SSSR count). The highest BCUT2D eigenvalue weighted by Gasteiger charge is 2.39. The molecule has 3 aromatic rings. The molecule has 2 saturated heterocycles. The Morgan fingerprint density at radius 3 is 2.30 bits per heavy atom. The fourth-order valence-corrected chi connectivity index (χ4v) is 6.87. The van der Waals surface area contributed by atoms with Crippen molar-refractivity contribution < 1.29 is 32.3 Å². The van der Waals surface area contributed by atoms with E-state index in [4.69, 9.17) is 4.74 Å². The Hall–Kier alpha value is -4.32. The van der Waals surface area contributed by atoms with Gasteiger partial charge in [0.2, 0.25) is 5.82 Å². The van der Waals surface area contributed by atoms with Gasteiger partial charge in [-0.05, 0) is 80.8 Å². The van der Waals surface area contributed by atoms with Gasteiger partial charge in [0.25, 0.3) is 17.7 Å². The van der Waals surface area contributed by atoms with E-state index in [1.165, 1.54) is 10.5 Å². The number of alkyl halides is 3. The van der Waals surface area contributed by atoms with E-state index in [0.717, 1.165) is 48.5 Å². The van der Waals surface area contributed by atoms with E-state index in [0.29, 0.717) is 56.8 Å². The van der Waals surface area contributed by atoms with Crippen molar-refractivity contribution in [3.63, 3.8) is 0 Å². The SMILES string of the molecule is Cc1c(OCCCCN2C(=O)c3ccccc3C2=O)ccc([C@H]2CCC[C@H]3CN(C(=O)c4cnc(C(F)(F)F)nc4)CCN32)c1C. The van der Waals surface area contributed by atoms with Gasteiger partial charge in [0.15, 0.2) is 0 Å². The molecular weight excluding hydrogens is 599 g/mol. The van der Waals surface area contributed by atoms with E-state index in [9.17, 15) is 27.6 Å². The van der Waals surface area contributed by atoms with Gasteiger partial charge in [-0.25, -0.2) is 9.97 Å². The van der Waals surface area contributed by atoms with Crippen molar-refractivity contribution in [2.24, 2.45) is 0 Å². The molecule has 0 saturated carbocycles. The molecule has 46 heavy (non-hydrogen) atoms. The molecular formula is C34H36F3N5O4. The smallest absolute Gasteiger partial charge is 0.451 e. The minimum absolute atomic E-state index is 0.0551. The molecule has 3 aliphatic heterocycles. The van der Waals surface area contributed by atoms with Crippen LogP contribution in [0.25, 0.3) is 0 Å². The zero-order valence-electron chi connectivity index (χ0n) is 25.8. The van der Waals surface area contributed by atoms with E-state index in [1.54, 1.807) is 29.2 Å². The second-order valence-corrected chi connectivity index (χ2v) is 12.1. The number of aromatic nitrogens is 2. The van der Waals surface area contributed by atoms with Gasteiger partial charge in [0.05, 0.1) is 23.3 Å². The first-order chi connectivity index (χ1) is 22.0. The highest BCUT2D eigenvalue weighted by atomic mass is 19.4. The number of carbonyl (C=O) groups is 3. The van der Waals surface area contributed by atoms with Crippen LogP contribution >= 0.6 is 0 Å². The lowest BCUT2D eigenvalue weighted by Gasteiger charge is -2.48. The van der Waals surface area contributed by atoms with Crippen molar-refractivity contribution >= 4 is 17.7 Å². The number of rotatable bonds is 8. The number of fused-ring (bicyclic) bond motifs is 2. The number of halogens is 3.